The van der Waals surface area contributed by atoms with Crippen LogP contribution in [0.3, 0.4) is 0 Å². The first-order chi connectivity index (χ1) is 11.7. The summed E-state index contributed by atoms with van der Waals surface area (Å²) in [5.74, 6) is 2.72. The molecule has 0 aliphatic carbocycles. The third-order valence-corrected chi connectivity index (χ3v) is 4.58. The standard InChI is InChI=1S/C19H27N5/c1-4-15(2)20-17-14-18(24-12-10-23(3)11-13-24)22-19(21-17)16-8-6-5-7-9-16/h5-9,14-15H,4,10-13H2,1-3H3,(H,20,21,22). The van der Waals surface area contributed by atoms with Gasteiger partial charge in [-0.2, -0.15) is 0 Å². The quantitative estimate of drug-likeness (QED) is 0.915. The molecule has 1 unspecified atom stereocenters. The number of nitrogens with zero attached hydrogens (tertiary/aromatic N) is 4. The minimum absolute atomic E-state index is 0.392. The highest BCUT2D eigenvalue weighted by atomic mass is 15.3. The second-order valence-corrected chi connectivity index (χ2v) is 6.54. The monoisotopic (exact) mass is 325 g/mol. The van der Waals surface area contributed by atoms with Gasteiger partial charge in [0.1, 0.15) is 11.6 Å². The zero-order chi connectivity index (χ0) is 16.9. The highest BCUT2D eigenvalue weighted by Crippen LogP contribution is 2.23. The van der Waals surface area contributed by atoms with Crippen molar-refractivity contribution in [3.63, 3.8) is 0 Å². The van der Waals surface area contributed by atoms with E-state index in [4.69, 9.17) is 9.97 Å². The predicted octanol–water partition coefficient (Wildman–Crippen LogP) is 3.11. The molecule has 1 saturated heterocycles. The van der Waals surface area contributed by atoms with Gasteiger partial charge in [-0.1, -0.05) is 37.3 Å². The van der Waals surface area contributed by atoms with Crippen LogP contribution in [-0.4, -0.2) is 54.1 Å². The number of hydrogen-bond donors (Lipinski definition) is 1. The van der Waals surface area contributed by atoms with Crippen molar-refractivity contribution in [2.75, 3.05) is 43.4 Å². The zero-order valence-electron chi connectivity index (χ0n) is 14.9. The lowest BCUT2D eigenvalue weighted by molar-refractivity contribution is 0.312. The summed E-state index contributed by atoms with van der Waals surface area (Å²) < 4.78 is 0. The molecule has 0 radical (unpaired) electrons. The number of piperazine rings is 1. The molecule has 1 atom stereocenters. The van der Waals surface area contributed by atoms with Crippen LogP contribution >= 0.6 is 0 Å². The van der Waals surface area contributed by atoms with Gasteiger partial charge < -0.3 is 15.1 Å². The molecule has 0 bridgehead atoms. The number of benzene rings is 1. The minimum Gasteiger partial charge on any atom is -0.367 e. The molecule has 1 fully saturated rings. The van der Waals surface area contributed by atoms with Crippen molar-refractivity contribution in [3.8, 4) is 11.4 Å². The lowest BCUT2D eigenvalue weighted by Gasteiger charge is -2.33. The summed E-state index contributed by atoms with van der Waals surface area (Å²) >= 11 is 0. The molecule has 1 aromatic carbocycles. The van der Waals surface area contributed by atoms with Gasteiger partial charge in [0.25, 0.3) is 0 Å². The third-order valence-electron chi connectivity index (χ3n) is 4.58. The van der Waals surface area contributed by atoms with Crippen LogP contribution in [0.1, 0.15) is 20.3 Å². The van der Waals surface area contributed by atoms with E-state index in [9.17, 15) is 0 Å². The van der Waals surface area contributed by atoms with Crippen LogP contribution in [-0.2, 0) is 0 Å². The molecular weight excluding hydrogens is 298 g/mol. The molecule has 5 nitrogen and oxygen atoms in total. The molecule has 24 heavy (non-hydrogen) atoms. The van der Waals surface area contributed by atoms with E-state index in [2.05, 4.69) is 54.2 Å². The molecule has 128 valence electrons. The number of anilines is 2. The summed E-state index contributed by atoms with van der Waals surface area (Å²) in [5, 5.41) is 3.50. The Morgan fingerprint density at radius 1 is 1.08 bits per heavy atom. The smallest absolute Gasteiger partial charge is 0.163 e. The summed E-state index contributed by atoms with van der Waals surface area (Å²) in [6.07, 6.45) is 1.06. The van der Waals surface area contributed by atoms with Crippen LogP contribution in [0.4, 0.5) is 11.6 Å². The molecular formula is C19H27N5. The Balaban J connectivity index is 1.93. The lowest BCUT2D eigenvalue weighted by Crippen LogP contribution is -2.44. The van der Waals surface area contributed by atoms with E-state index in [1.165, 1.54) is 0 Å². The van der Waals surface area contributed by atoms with Crippen LogP contribution in [0.15, 0.2) is 36.4 Å². The lowest BCUT2D eigenvalue weighted by atomic mass is 10.2. The van der Waals surface area contributed by atoms with E-state index in [1.54, 1.807) is 0 Å². The maximum atomic E-state index is 4.84. The molecule has 5 heteroatoms. The third kappa shape index (κ3) is 4.03. The van der Waals surface area contributed by atoms with E-state index in [1.807, 2.05) is 18.2 Å². The fourth-order valence-corrected chi connectivity index (χ4v) is 2.78. The average molecular weight is 325 g/mol. The molecule has 2 heterocycles. The number of aromatic nitrogens is 2. The normalized spacial score (nSPS) is 16.9. The number of nitrogens with one attached hydrogen (secondary N) is 1. The maximum Gasteiger partial charge on any atom is 0.163 e. The molecule has 1 aromatic heterocycles. The first-order valence-electron chi connectivity index (χ1n) is 8.80. The van der Waals surface area contributed by atoms with Crippen molar-refractivity contribution < 1.29 is 0 Å². The summed E-state index contributed by atoms with van der Waals surface area (Å²) in [6.45, 7) is 8.50. The maximum absolute atomic E-state index is 4.84. The summed E-state index contributed by atoms with van der Waals surface area (Å²) in [4.78, 5) is 14.3. The van der Waals surface area contributed by atoms with Gasteiger partial charge in [-0.25, -0.2) is 9.97 Å². The molecule has 1 N–H and O–H groups in total. The largest absolute Gasteiger partial charge is 0.367 e. The van der Waals surface area contributed by atoms with Gasteiger partial charge in [-0.15, -0.1) is 0 Å². The van der Waals surface area contributed by atoms with Gasteiger partial charge in [0.2, 0.25) is 0 Å². The zero-order valence-corrected chi connectivity index (χ0v) is 14.9. The van der Waals surface area contributed by atoms with Crippen molar-refractivity contribution >= 4 is 11.6 Å². The average Bonchev–Trinajstić information content (AvgIpc) is 2.62. The molecule has 0 spiro atoms. The number of likely N-dealkylation sites (N-methyl/N-ethyl adjacent to an activating group) is 1. The molecule has 3 rings (SSSR count). The van der Waals surface area contributed by atoms with E-state index in [0.717, 1.165) is 55.6 Å². The van der Waals surface area contributed by atoms with Crippen molar-refractivity contribution in [2.24, 2.45) is 0 Å². The Morgan fingerprint density at radius 2 is 1.79 bits per heavy atom. The van der Waals surface area contributed by atoms with Crippen LogP contribution in [0, 0.1) is 0 Å². The first kappa shape index (κ1) is 16.7. The van der Waals surface area contributed by atoms with Crippen molar-refractivity contribution in [1.82, 2.24) is 14.9 Å². The fourth-order valence-electron chi connectivity index (χ4n) is 2.78. The van der Waals surface area contributed by atoms with Crippen LogP contribution < -0.4 is 10.2 Å². The van der Waals surface area contributed by atoms with E-state index >= 15 is 0 Å². The summed E-state index contributed by atoms with van der Waals surface area (Å²) in [5.41, 5.74) is 1.06. The van der Waals surface area contributed by atoms with Crippen LogP contribution in [0.5, 0.6) is 0 Å². The van der Waals surface area contributed by atoms with Gasteiger partial charge in [-0.05, 0) is 20.4 Å². The molecule has 1 aliphatic heterocycles. The molecule has 2 aromatic rings. The van der Waals surface area contributed by atoms with Gasteiger partial charge in [0.05, 0.1) is 0 Å². The first-order valence-corrected chi connectivity index (χ1v) is 8.80. The van der Waals surface area contributed by atoms with Crippen LogP contribution in [0.25, 0.3) is 11.4 Å². The Labute approximate surface area is 144 Å². The topological polar surface area (TPSA) is 44.3 Å². The van der Waals surface area contributed by atoms with Gasteiger partial charge in [-0.3, -0.25) is 0 Å². The van der Waals surface area contributed by atoms with Crippen LogP contribution in [0.2, 0.25) is 0 Å². The van der Waals surface area contributed by atoms with Gasteiger partial charge >= 0.3 is 0 Å². The van der Waals surface area contributed by atoms with E-state index < -0.39 is 0 Å². The number of hydrogen-bond acceptors (Lipinski definition) is 5. The second-order valence-electron chi connectivity index (χ2n) is 6.54. The van der Waals surface area contributed by atoms with Crippen molar-refractivity contribution in [1.29, 1.82) is 0 Å². The summed E-state index contributed by atoms with van der Waals surface area (Å²) in [6, 6.07) is 12.7. The SMILES string of the molecule is CCC(C)Nc1cc(N2CCN(C)CC2)nc(-c2ccccc2)n1. The Bertz CT molecular complexity index is 650. The summed E-state index contributed by atoms with van der Waals surface area (Å²) in [7, 11) is 2.17. The number of rotatable bonds is 5. The Hall–Kier alpha value is -2.14. The molecule has 1 aliphatic rings. The van der Waals surface area contributed by atoms with Crippen molar-refractivity contribution in [2.45, 2.75) is 26.3 Å². The predicted molar refractivity (Wildman–Crippen MR) is 101 cm³/mol. The highest BCUT2D eigenvalue weighted by molar-refractivity contribution is 5.62. The minimum atomic E-state index is 0.392. The Morgan fingerprint density at radius 3 is 2.46 bits per heavy atom. The Kier molecular flexibility index (Phi) is 5.30. The molecule has 0 amide bonds. The molecule has 0 saturated carbocycles. The second kappa shape index (κ2) is 7.62. The fraction of sp³-hybridized carbons (Fsp3) is 0.474. The van der Waals surface area contributed by atoms with E-state index in [0.29, 0.717) is 6.04 Å². The van der Waals surface area contributed by atoms with E-state index in [-0.39, 0.29) is 0 Å². The van der Waals surface area contributed by atoms with Gasteiger partial charge in [0, 0.05) is 43.9 Å². The highest BCUT2D eigenvalue weighted by Gasteiger charge is 2.18. The van der Waals surface area contributed by atoms with Gasteiger partial charge in [0.15, 0.2) is 5.82 Å². The van der Waals surface area contributed by atoms with Crippen molar-refractivity contribution in [3.05, 3.63) is 36.4 Å².